The van der Waals surface area contributed by atoms with E-state index in [1.54, 1.807) is 0 Å². The number of rotatable bonds is 4. The highest BCUT2D eigenvalue weighted by Gasteiger charge is 2.37. The van der Waals surface area contributed by atoms with Crippen molar-refractivity contribution in [2.75, 3.05) is 13.6 Å². The van der Waals surface area contributed by atoms with E-state index in [0.29, 0.717) is 12.0 Å². The van der Waals surface area contributed by atoms with E-state index in [2.05, 4.69) is 26.1 Å². The van der Waals surface area contributed by atoms with Crippen molar-refractivity contribution in [3.63, 3.8) is 0 Å². The summed E-state index contributed by atoms with van der Waals surface area (Å²) in [6.07, 6.45) is 4.37. The van der Waals surface area contributed by atoms with Crippen molar-refractivity contribution < 1.29 is 4.79 Å². The highest BCUT2D eigenvalue weighted by atomic mass is 16.2. The minimum Gasteiger partial charge on any atom is -0.341 e. The molecular formula is C14H28N2O. The summed E-state index contributed by atoms with van der Waals surface area (Å²) in [5.41, 5.74) is -0.335. The Hall–Kier alpha value is -0.570. The van der Waals surface area contributed by atoms with Gasteiger partial charge in [0.2, 0.25) is 5.91 Å². The van der Waals surface area contributed by atoms with E-state index >= 15 is 0 Å². The Labute approximate surface area is 106 Å². The third-order valence-electron chi connectivity index (χ3n) is 3.88. The van der Waals surface area contributed by atoms with E-state index < -0.39 is 0 Å². The first kappa shape index (κ1) is 14.5. The summed E-state index contributed by atoms with van der Waals surface area (Å²) in [5.74, 6) is 0.887. The highest BCUT2D eigenvalue weighted by Crippen LogP contribution is 2.22. The molecule has 1 aliphatic heterocycles. The minimum atomic E-state index is -0.335. The second kappa shape index (κ2) is 5.85. The molecule has 2 unspecified atom stereocenters. The summed E-state index contributed by atoms with van der Waals surface area (Å²) in [6, 6.07) is 0.322. The van der Waals surface area contributed by atoms with Crippen molar-refractivity contribution in [3.05, 3.63) is 0 Å². The van der Waals surface area contributed by atoms with Crippen molar-refractivity contribution in [2.24, 2.45) is 5.92 Å². The fourth-order valence-corrected chi connectivity index (χ4v) is 2.67. The fourth-order valence-electron chi connectivity index (χ4n) is 2.67. The SMILES string of the molecule is CC(C)CC(C)N(C)C(=O)C1(C)CCCCN1. The van der Waals surface area contributed by atoms with Gasteiger partial charge in [0.1, 0.15) is 0 Å². The molecule has 100 valence electrons. The van der Waals surface area contributed by atoms with Gasteiger partial charge in [0.15, 0.2) is 0 Å². The molecule has 0 aromatic heterocycles. The van der Waals surface area contributed by atoms with Crippen LogP contribution in [0.5, 0.6) is 0 Å². The summed E-state index contributed by atoms with van der Waals surface area (Å²) in [6.45, 7) is 9.57. The third-order valence-corrected chi connectivity index (χ3v) is 3.88. The molecule has 0 bridgehead atoms. The number of amides is 1. The molecule has 1 N–H and O–H groups in total. The zero-order valence-electron chi connectivity index (χ0n) is 12.0. The van der Waals surface area contributed by atoms with E-state index in [1.165, 1.54) is 6.42 Å². The molecule has 0 aromatic carbocycles. The molecule has 1 rings (SSSR count). The molecule has 17 heavy (non-hydrogen) atoms. The lowest BCUT2D eigenvalue weighted by Gasteiger charge is -2.39. The first-order valence-electron chi connectivity index (χ1n) is 6.89. The van der Waals surface area contributed by atoms with Crippen molar-refractivity contribution in [2.45, 2.75) is 65.0 Å². The quantitative estimate of drug-likeness (QED) is 0.818. The Morgan fingerprint density at radius 3 is 2.47 bits per heavy atom. The Kier molecular flexibility index (Phi) is 4.99. The average molecular weight is 240 g/mol. The maximum atomic E-state index is 12.5. The fraction of sp³-hybridized carbons (Fsp3) is 0.929. The zero-order chi connectivity index (χ0) is 13.1. The standard InChI is InChI=1S/C14H28N2O/c1-11(2)10-12(3)16(5)13(17)14(4)8-6-7-9-15-14/h11-12,15H,6-10H2,1-5H3. The monoisotopic (exact) mass is 240 g/mol. The molecular weight excluding hydrogens is 212 g/mol. The molecule has 1 aliphatic rings. The van der Waals surface area contributed by atoms with Crippen molar-refractivity contribution in [3.8, 4) is 0 Å². The number of likely N-dealkylation sites (N-methyl/N-ethyl adjacent to an activating group) is 1. The molecule has 0 saturated carbocycles. The van der Waals surface area contributed by atoms with Gasteiger partial charge in [-0.2, -0.15) is 0 Å². The van der Waals surface area contributed by atoms with Crippen LogP contribution >= 0.6 is 0 Å². The number of piperidine rings is 1. The van der Waals surface area contributed by atoms with Crippen LogP contribution in [0, 0.1) is 5.92 Å². The third kappa shape index (κ3) is 3.70. The zero-order valence-corrected chi connectivity index (χ0v) is 12.0. The molecule has 3 nitrogen and oxygen atoms in total. The van der Waals surface area contributed by atoms with Crippen LogP contribution in [-0.4, -0.2) is 36.0 Å². The molecule has 2 atom stereocenters. The van der Waals surface area contributed by atoms with Gasteiger partial charge in [-0.1, -0.05) is 13.8 Å². The van der Waals surface area contributed by atoms with Gasteiger partial charge in [0.25, 0.3) is 0 Å². The van der Waals surface area contributed by atoms with Crippen LogP contribution in [0.2, 0.25) is 0 Å². The topological polar surface area (TPSA) is 32.3 Å². The second-order valence-corrected chi connectivity index (χ2v) is 6.11. The van der Waals surface area contributed by atoms with Crippen molar-refractivity contribution in [1.29, 1.82) is 0 Å². The van der Waals surface area contributed by atoms with E-state index in [9.17, 15) is 4.79 Å². The number of hydrogen-bond acceptors (Lipinski definition) is 2. The van der Waals surface area contributed by atoms with E-state index in [1.807, 2.05) is 18.9 Å². The highest BCUT2D eigenvalue weighted by molar-refractivity contribution is 5.86. The lowest BCUT2D eigenvalue weighted by atomic mass is 9.89. The summed E-state index contributed by atoms with van der Waals surface area (Å²) in [7, 11) is 1.94. The maximum Gasteiger partial charge on any atom is 0.242 e. The molecule has 3 heteroatoms. The predicted octanol–water partition coefficient (Wildman–Crippen LogP) is 2.41. The number of nitrogens with zero attached hydrogens (tertiary/aromatic N) is 1. The van der Waals surface area contributed by atoms with Gasteiger partial charge in [-0.3, -0.25) is 4.79 Å². The van der Waals surface area contributed by atoms with Crippen LogP contribution < -0.4 is 5.32 Å². The van der Waals surface area contributed by atoms with Gasteiger partial charge in [-0.25, -0.2) is 0 Å². The van der Waals surface area contributed by atoms with Gasteiger partial charge in [0.05, 0.1) is 5.54 Å². The molecule has 1 fully saturated rings. The number of nitrogens with one attached hydrogen (secondary N) is 1. The Morgan fingerprint density at radius 2 is 2.00 bits per heavy atom. The van der Waals surface area contributed by atoms with Gasteiger partial charge in [-0.15, -0.1) is 0 Å². The summed E-state index contributed by atoms with van der Waals surface area (Å²) < 4.78 is 0. The normalized spacial score (nSPS) is 26.9. The van der Waals surface area contributed by atoms with Crippen LogP contribution in [0.15, 0.2) is 0 Å². The molecule has 0 aliphatic carbocycles. The van der Waals surface area contributed by atoms with Crippen LogP contribution in [0.4, 0.5) is 0 Å². The predicted molar refractivity (Wildman–Crippen MR) is 71.9 cm³/mol. The first-order valence-corrected chi connectivity index (χ1v) is 6.89. The molecule has 1 amide bonds. The smallest absolute Gasteiger partial charge is 0.242 e. The number of hydrogen-bond donors (Lipinski definition) is 1. The van der Waals surface area contributed by atoms with Crippen LogP contribution in [-0.2, 0) is 4.79 Å². The second-order valence-electron chi connectivity index (χ2n) is 6.11. The van der Waals surface area contributed by atoms with Gasteiger partial charge in [-0.05, 0) is 52.0 Å². The Balaban J connectivity index is 2.61. The minimum absolute atomic E-state index is 0.255. The lowest BCUT2D eigenvalue weighted by Crippen LogP contribution is -2.58. The number of carbonyl (C=O) groups is 1. The molecule has 1 saturated heterocycles. The van der Waals surface area contributed by atoms with Crippen LogP contribution in [0.1, 0.15) is 53.4 Å². The number of carbonyl (C=O) groups excluding carboxylic acids is 1. The van der Waals surface area contributed by atoms with Crippen molar-refractivity contribution in [1.82, 2.24) is 10.2 Å². The van der Waals surface area contributed by atoms with Gasteiger partial charge in [0, 0.05) is 13.1 Å². The molecule has 0 aromatic rings. The van der Waals surface area contributed by atoms with Gasteiger partial charge < -0.3 is 10.2 Å². The largest absolute Gasteiger partial charge is 0.341 e. The molecule has 1 heterocycles. The van der Waals surface area contributed by atoms with Gasteiger partial charge >= 0.3 is 0 Å². The summed E-state index contributed by atoms with van der Waals surface area (Å²) >= 11 is 0. The summed E-state index contributed by atoms with van der Waals surface area (Å²) in [5, 5.41) is 3.39. The first-order chi connectivity index (χ1) is 7.87. The molecule has 0 radical (unpaired) electrons. The van der Waals surface area contributed by atoms with Crippen LogP contribution in [0.3, 0.4) is 0 Å². The molecule has 0 spiro atoms. The van der Waals surface area contributed by atoms with Crippen molar-refractivity contribution >= 4 is 5.91 Å². The van der Waals surface area contributed by atoms with E-state index in [4.69, 9.17) is 0 Å². The Morgan fingerprint density at radius 1 is 1.35 bits per heavy atom. The average Bonchev–Trinajstić information content (AvgIpc) is 2.27. The van der Waals surface area contributed by atoms with E-state index in [0.717, 1.165) is 25.8 Å². The lowest BCUT2D eigenvalue weighted by molar-refractivity contribution is -0.139. The van der Waals surface area contributed by atoms with Crippen LogP contribution in [0.25, 0.3) is 0 Å². The van der Waals surface area contributed by atoms with E-state index in [-0.39, 0.29) is 11.4 Å². The Bertz CT molecular complexity index is 257. The maximum absolute atomic E-state index is 12.5. The summed E-state index contributed by atoms with van der Waals surface area (Å²) in [4.78, 5) is 14.4.